The van der Waals surface area contributed by atoms with E-state index in [1.165, 1.54) is 37.9 Å². The van der Waals surface area contributed by atoms with Crippen molar-refractivity contribution in [1.29, 1.82) is 0 Å². The van der Waals surface area contributed by atoms with Crippen molar-refractivity contribution in [2.75, 3.05) is 38.7 Å². The van der Waals surface area contributed by atoms with Gasteiger partial charge in [-0.25, -0.2) is 0 Å². The van der Waals surface area contributed by atoms with Crippen molar-refractivity contribution in [2.24, 2.45) is 4.99 Å². The number of nitrogens with zero attached hydrogens (tertiary/aromatic N) is 1. The van der Waals surface area contributed by atoms with Crippen LogP contribution < -0.4 is 10.6 Å². The molecule has 3 unspecified atom stereocenters. The molecule has 3 atom stereocenters. The van der Waals surface area contributed by atoms with Crippen molar-refractivity contribution in [1.82, 2.24) is 10.6 Å². The molecule has 0 bridgehead atoms. The summed E-state index contributed by atoms with van der Waals surface area (Å²) in [6, 6.07) is 0.549. The van der Waals surface area contributed by atoms with Gasteiger partial charge in [-0.15, -0.1) is 0 Å². The predicted octanol–water partition coefficient (Wildman–Crippen LogP) is 2.80. The van der Waals surface area contributed by atoms with Gasteiger partial charge in [-0.2, -0.15) is 11.8 Å². The number of guanidine groups is 1. The SMILES string of the molecule is CCNC(=NCCOCC1CCCO1)NC1CCCC(SCC)C1. The summed E-state index contributed by atoms with van der Waals surface area (Å²) in [5, 5.41) is 7.79. The zero-order valence-electron chi connectivity index (χ0n) is 15.4. The van der Waals surface area contributed by atoms with E-state index in [1.807, 2.05) is 0 Å². The molecule has 1 aliphatic carbocycles. The molecule has 24 heavy (non-hydrogen) atoms. The fourth-order valence-corrected chi connectivity index (χ4v) is 4.56. The molecule has 2 rings (SSSR count). The lowest BCUT2D eigenvalue weighted by Crippen LogP contribution is -2.45. The van der Waals surface area contributed by atoms with Crippen molar-refractivity contribution in [3.8, 4) is 0 Å². The maximum Gasteiger partial charge on any atom is 0.191 e. The molecule has 0 aromatic carbocycles. The molecule has 2 N–H and O–H groups in total. The summed E-state index contributed by atoms with van der Waals surface area (Å²) in [6.45, 7) is 8.21. The Bertz CT molecular complexity index is 360. The molecule has 140 valence electrons. The normalized spacial score (nSPS) is 28.1. The van der Waals surface area contributed by atoms with Gasteiger partial charge in [0.1, 0.15) is 0 Å². The average Bonchev–Trinajstić information content (AvgIpc) is 3.09. The highest BCUT2D eigenvalue weighted by Gasteiger charge is 2.22. The van der Waals surface area contributed by atoms with Gasteiger partial charge in [0.2, 0.25) is 0 Å². The molecular weight excluding hydrogens is 322 g/mol. The van der Waals surface area contributed by atoms with Gasteiger partial charge in [-0.3, -0.25) is 4.99 Å². The molecule has 0 aromatic rings. The molecule has 0 aromatic heterocycles. The van der Waals surface area contributed by atoms with E-state index in [0.717, 1.165) is 30.8 Å². The maximum atomic E-state index is 5.69. The van der Waals surface area contributed by atoms with Crippen LogP contribution in [0.5, 0.6) is 0 Å². The first kappa shape index (κ1) is 19.9. The number of hydrogen-bond donors (Lipinski definition) is 2. The van der Waals surface area contributed by atoms with Crippen LogP contribution in [0.2, 0.25) is 0 Å². The summed E-state index contributed by atoms with van der Waals surface area (Å²) < 4.78 is 11.3. The second-order valence-electron chi connectivity index (χ2n) is 6.56. The summed E-state index contributed by atoms with van der Waals surface area (Å²) in [6.07, 6.45) is 7.78. The Labute approximate surface area is 151 Å². The van der Waals surface area contributed by atoms with E-state index in [-0.39, 0.29) is 0 Å². The Morgan fingerprint density at radius 3 is 2.92 bits per heavy atom. The fraction of sp³-hybridized carbons (Fsp3) is 0.944. The first-order chi connectivity index (χ1) is 11.8. The highest BCUT2D eigenvalue weighted by atomic mass is 32.2. The van der Waals surface area contributed by atoms with Crippen LogP contribution in [0.15, 0.2) is 4.99 Å². The van der Waals surface area contributed by atoms with Crippen LogP contribution in [0.3, 0.4) is 0 Å². The monoisotopic (exact) mass is 357 g/mol. The molecular formula is C18H35N3O2S. The van der Waals surface area contributed by atoms with Gasteiger partial charge in [0.15, 0.2) is 5.96 Å². The van der Waals surface area contributed by atoms with Gasteiger partial charge in [0.25, 0.3) is 0 Å². The number of rotatable bonds is 9. The number of thioether (sulfide) groups is 1. The topological polar surface area (TPSA) is 54.9 Å². The molecule has 2 aliphatic rings. The molecule has 5 nitrogen and oxygen atoms in total. The third kappa shape index (κ3) is 7.62. The van der Waals surface area contributed by atoms with Crippen LogP contribution in [0.4, 0.5) is 0 Å². The third-order valence-electron chi connectivity index (χ3n) is 4.55. The molecule has 0 spiro atoms. The average molecular weight is 358 g/mol. The first-order valence-corrected chi connectivity index (χ1v) is 10.7. The summed E-state index contributed by atoms with van der Waals surface area (Å²) in [4.78, 5) is 4.66. The lowest BCUT2D eigenvalue weighted by atomic mass is 9.95. The quantitative estimate of drug-likeness (QED) is 0.377. The molecule has 0 amide bonds. The van der Waals surface area contributed by atoms with Crippen LogP contribution >= 0.6 is 11.8 Å². The zero-order valence-corrected chi connectivity index (χ0v) is 16.2. The van der Waals surface area contributed by atoms with Crippen molar-refractivity contribution >= 4 is 17.7 Å². The largest absolute Gasteiger partial charge is 0.377 e. The Balaban J connectivity index is 1.67. The Kier molecular flexibility index (Phi) is 9.92. The summed E-state index contributed by atoms with van der Waals surface area (Å²) >= 11 is 2.10. The van der Waals surface area contributed by atoms with Crippen molar-refractivity contribution < 1.29 is 9.47 Å². The van der Waals surface area contributed by atoms with E-state index < -0.39 is 0 Å². The van der Waals surface area contributed by atoms with E-state index >= 15 is 0 Å². The lowest BCUT2D eigenvalue weighted by Gasteiger charge is -2.30. The number of hydrogen-bond acceptors (Lipinski definition) is 4. The number of nitrogens with one attached hydrogen (secondary N) is 2. The molecule has 6 heteroatoms. The highest BCUT2D eigenvalue weighted by molar-refractivity contribution is 7.99. The minimum Gasteiger partial charge on any atom is -0.377 e. The first-order valence-electron chi connectivity index (χ1n) is 9.67. The van der Waals surface area contributed by atoms with Crippen molar-refractivity contribution in [3.63, 3.8) is 0 Å². The second-order valence-corrected chi connectivity index (χ2v) is 8.13. The smallest absolute Gasteiger partial charge is 0.191 e. The van der Waals surface area contributed by atoms with E-state index in [4.69, 9.17) is 9.47 Å². The van der Waals surface area contributed by atoms with Gasteiger partial charge < -0.3 is 20.1 Å². The van der Waals surface area contributed by atoms with E-state index in [1.54, 1.807) is 0 Å². The van der Waals surface area contributed by atoms with Crippen LogP contribution in [0.1, 0.15) is 52.4 Å². The molecule has 0 radical (unpaired) electrons. The summed E-state index contributed by atoms with van der Waals surface area (Å²) in [5.41, 5.74) is 0. The number of ether oxygens (including phenoxy) is 2. The summed E-state index contributed by atoms with van der Waals surface area (Å²) in [5.74, 6) is 2.15. The van der Waals surface area contributed by atoms with E-state index in [0.29, 0.717) is 31.9 Å². The van der Waals surface area contributed by atoms with Crippen LogP contribution in [-0.4, -0.2) is 62.0 Å². The molecule has 1 saturated heterocycles. The Morgan fingerprint density at radius 1 is 1.25 bits per heavy atom. The molecule has 2 fully saturated rings. The van der Waals surface area contributed by atoms with Gasteiger partial charge in [0.05, 0.1) is 25.9 Å². The number of aliphatic imine (C=N–C) groups is 1. The van der Waals surface area contributed by atoms with Gasteiger partial charge in [-0.05, 0) is 44.8 Å². The Morgan fingerprint density at radius 2 is 2.17 bits per heavy atom. The van der Waals surface area contributed by atoms with Crippen molar-refractivity contribution in [2.45, 2.75) is 69.8 Å². The van der Waals surface area contributed by atoms with Gasteiger partial charge in [-0.1, -0.05) is 13.3 Å². The zero-order chi connectivity index (χ0) is 17.0. The third-order valence-corrected chi connectivity index (χ3v) is 5.78. The molecule has 1 heterocycles. The standard InChI is InChI=1S/C18H35N3O2S/c1-3-19-18(20-10-12-22-14-16-8-6-11-23-16)21-15-7-5-9-17(13-15)24-4-2/h15-17H,3-14H2,1-2H3,(H2,19,20,21). The van der Waals surface area contributed by atoms with Crippen LogP contribution in [-0.2, 0) is 9.47 Å². The van der Waals surface area contributed by atoms with E-state index in [9.17, 15) is 0 Å². The second kappa shape index (κ2) is 12.0. The van der Waals surface area contributed by atoms with Crippen LogP contribution in [0.25, 0.3) is 0 Å². The van der Waals surface area contributed by atoms with Crippen LogP contribution in [0, 0.1) is 0 Å². The molecule has 1 saturated carbocycles. The van der Waals surface area contributed by atoms with Gasteiger partial charge >= 0.3 is 0 Å². The Hall–Kier alpha value is -0.460. The van der Waals surface area contributed by atoms with Gasteiger partial charge in [0, 0.05) is 24.4 Å². The predicted molar refractivity (Wildman–Crippen MR) is 103 cm³/mol. The maximum absolute atomic E-state index is 5.69. The molecule has 1 aliphatic heterocycles. The highest BCUT2D eigenvalue weighted by Crippen LogP contribution is 2.28. The minimum atomic E-state index is 0.301. The fourth-order valence-electron chi connectivity index (χ4n) is 3.39. The lowest BCUT2D eigenvalue weighted by molar-refractivity contribution is 0.0200. The summed E-state index contributed by atoms with van der Waals surface area (Å²) in [7, 11) is 0. The minimum absolute atomic E-state index is 0.301. The van der Waals surface area contributed by atoms with E-state index in [2.05, 4.69) is 41.2 Å². The van der Waals surface area contributed by atoms with Crippen molar-refractivity contribution in [3.05, 3.63) is 0 Å².